The molecule has 0 bridgehead atoms. The van der Waals surface area contributed by atoms with Gasteiger partial charge in [0.1, 0.15) is 5.82 Å². The summed E-state index contributed by atoms with van der Waals surface area (Å²) in [6.45, 7) is 6.98. The number of carbonyl (C=O) groups excluding carboxylic acids is 1. The zero-order valence-corrected chi connectivity index (χ0v) is 16.0. The SMILES string of the molecule is CCOC(=O)c1ccc(N(C(C)C)S(=O)(=O)c2ccc(C)cc2)c(F)c1. The Morgan fingerprint density at radius 3 is 2.27 bits per heavy atom. The maximum absolute atomic E-state index is 14.7. The molecule has 2 aromatic rings. The number of benzene rings is 2. The molecule has 0 unspecified atom stereocenters. The van der Waals surface area contributed by atoms with Crippen LogP contribution in [0.15, 0.2) is 47.4 Å². The molecule has 140 valence electrons. The second-order valence-electron chi connectivity index (χ2n) is 6.09. The minimum Gasteiger partial charge on any atom is -0.462 e. The molecule has 0 aromatic heterocycles. The number of halogens is 1. The van der Waals surface area contributed by atoms with Gasteiger partial charge in [-0.1, -0.05) is 17.7 Å². The summed E-state index contributed by atoms with van der Waals surface area (Å²) in [5, 5.41) is 0. The van der Waals surface area contributed by atoms with E-state index in [0.717, 1.165) is 15.9 Å². The van der Waals surface area contributed by atoms with E-state index < -0.39 is 27.9 Å². The molecule has 0 aliphatic rings. The second-order valence-corrected chi connectivity index (χ2v) is 7.91. The summed E-state index contributed by atoms with van der Waals surface area (Å²) >= 11 is 0. The van der Waals surface area contributed by atoms with E-state index in [1.54, 1.807) is 32.9 Å². The van der Waals surface area contributed by atoms with E-state index in [1.165, 1.54) is 24.3 Å². The molecule has 0 atom stereocenters. The normalized spacial score (nSPS) is 11.5. The van der Waals surface area contributed by atoms with Crippen LogP contribution in [-0.2, 0) is 14.8 Å². The van der Waals surface area contributed by atoms with Gasteiger partial charge in [-0.05, 0) is 58.0 Å². The first-order valence-corrected chi connectivity index (χ1v) is 9.70. The number of hydrogen-bond donors (Lipinski definition) is 0. The predicted octanol–water partition coefficient (Wildman–Crippen LogP) is 3.91. The van der Waals surface area contributed by atoms with Crippen molar-refractivity contribution in [1.29, 1.82) is 0 Å². The summed E-state index contributed by atoms with van der Waals surface area (Å²) in [4.78, 5) is 11.8. The number of aryl methyl sites for hydroxylation is 1. The fraction of sp³-hybridized carbons (Fsp3) is 0.316. The maximum Gasteiger partial charge on any atom is 0.338 e. The van der Waals surface area contributed by atoms with Crippen molar-refractivity contribution in [2.24, 2.45) is 0 Å². The molecule has 0 saturated carbocycles. The van der Waals surface area contributed by atoms with Gasteiger partial charge in [0.05, 0.1) is 22.8 Å². The van der Waals surface area contributed by atoms with Crippen molar-refractivity contribution in [3.05, 3.63) is 59.4 Å². The van der Waals surface area contributed by atoms with Crippen molar-refractivity contribution < 1.29 is 22.3 Å². The van der Waals surface area contributed by atoms with Crippen LogP contribution in [0.3, 0.4) is 0 Å². The molecule has 0 aliphatic carbocycles. The Morgan fingerprint density at radius 2 is 1.77 bits per heavy atom. The highest BCUT2D eigenvalue weighted by molar-refractivity contribution is 7.92. The van der Waals surface area contributed by atoms with Crippen LogP contribution in [0.5, 0.6) is 0 Å². The lowest BCUT2D eigenvalue weighted by Crippen LogP contribution is -2.37. The molecular formula is C19H22FNO4S. The lowest BCUT2D eigenvalue weighted by atomic mass is 10.2. The number of sulfonamides is 1. The molecular weight excluding hydrogens is 357 g/mol. The first kappa shape index (κ1) is 19.9. The average Bonchev–Trinajstić information content (AvgIpc) is 2.56. The predicted molar refractivity (Wildman–Crippen MR) is 98.3 cm³/mol. The van der Waals surface area contributed by atoms with E-state index >= 15 is 0 Å². The first-order chi connectivity index (χ1) is 12.2. The highest BCUT2D eigenvalue weighted by Crippen LogP contribution is 2.29. The van der Waals surface area contributed by atoms with E-state index in [9.17, 15) is 17.6 Å². The molecule has 2 rings (SSSR count). The molecule has 0 radical (unpaired) electrons. The molecule has 0 amide bonds. The lowest BCUT2D eigenvalue weighted by molar-refractivity contribution is 0.0526. The molecule has 0 spiro atoms. The van der Waals surface area contributed by atoms with Crippen molar-refractivity contribution in [2.45, 2.75) is 38.6 Å². The summed E-state index contributed by atoms with van der Waals surface area (Å²) in [6.07, 6.45) is 0. The van der Waals surface area contributed by atoms with Crippen LogP contribution in [-0.4, -0.2) is 27.0 Å². The summed E-state index contributed by atoms with van der Waals surface area (Å²) in [5.41, 5.74) is 0.836. The van der Waals surface area contributed by atoms with Gasteiger partial charge in [-0.15, -0.1) is 0 Å². The number of anilines is 1. The van der Waals surface area contributed by atoms with Crippen molar-refractivity contribution in [2.75, 3.05) is 10.9 Å². The Labute approximate surface area is 153 Å². The fourth-order valence-corrected chi connectivity index (χ4v) is 4.21. The Morgan fingerprint density at radius 1 is 1.15 bits per heavy atom. The van der Waals surface area contributed by atoms with Crippen LogP contribution < -0.4 is 4.31 Å². The average molecular weight is 379 g/mol. The standard InChI is InChI=1S/C19H22FNO4S/c1-5-25-19(22)15-8-11-18(17(20)12-15)21(13(2)3)26(23,24)16-9-6-14(4)7-10-16/h6-13H,5H2,1-4H3. The van der Waals surface area contributed by atoms with E-state index in [0.29, 0.717) is 0 Å². The van der Waals surface area contributed by atoms with E-state index in [1.807, 2.05) is 6.92 Å². The van der Waals surface area contributed by atoms with E-state index in [4.69, 9.17) is 4.74 Å². The summed E-state index contributed by atoms with van der Waals surface area (Å²) in [6, 6.07) is 9.47. The van der Waals surface area contributed by atoms with Crippen LogP contribution in [0.4, 0.5) is 10.1 Å². The molecule has 0 aliphatic heterocycles. The van der Waals surface area contributed by atoms with Gasteiger partial charge >= 0.3 is 5.97 Å². The number of nitrogens with zero attached hydrogens (tertiary/aromatic N) is 1. The summed E-state index contributed by atoms with van der Waals surface area (Å²) < 4.78 is 46.6. The smallest absolute Gasteiger partial charge is 0.338 e. The van der Waals surface area contributed by atoms with Gasteiger partial charge in [-0.25, -0.2) is 17.6 Å². The number of rotatable bonds is 6. The number of carbonyl (C=O) groups is 1. The summed E-state index contributed by atoms with van der Waals surface area (Å²) in [5.74, 6) is -1.46. The Hall–Kier alpha value is -2.41. The van der Waals surface area contributed by atoms with Crippen LogP contribution in [0.2, 0.25) is 0 Å². The highest BCUT2D eigenvalue weighted by atomic mass is 32.2. The zero-order chi connectivity index (χ0) is 19.5. The lowest BCUT2D eigenvalue weighted by Gasteiger charge is -2.28. The molecule has 2 aromatic carbocycles. The van der Waals surface area contributed by atoms with E-state index in [-0.39, 0.29) is 22.8 Å². The van der Waals surface area contributed by atoms with Gasteiger partial charge in [0, 0.05) is 6.04 Å². The third-order valence-electron chi connectivity index (χ3n) is 3.74. The van der Waals surface area contributed by atoms with Gasteiger partial charge in [0.15, 0.2) is 0 Å². The highest BCUT2D eigenvalue weighted by Gasteiger charge is 2.30. The molecule has 0 fully saturated rings. The van der Waals surface area contributed by atoms with Gasteiger partial charge in [-0.2, -0.15) is 0 Å². The monoisotopic (exact) mass is 379 g/mol. The number of esters is 1. The second kappa shape index (κ2) is 7.86. The maximum atomic E-state index is 14.7. The summed E-state index contributed by atoms with van der Waals surface area (Å²) in [7, 11) is -3.96. The molecule has 0 N–H and O–H groups in total. The van der Waals surface area contributed by atoms with Crippen LogP contribution in [0.25, 0.3) is 0 Å². The van der Waals surface area contributed by atoms with Crippen LogP contribution in [0.1, 0.15) is 36.7 Å². The number of hydrogen-bond acceptors (Lipinski definition) is 4. The van der Waals surface area contributed by atoms with Crippen molar-refractivity contribution >= 4 is 21.7 Å². The van der Waals surface area contributed by atoms with Gasteiger partial charge in [-0.3, -0.25) is 4.31 Å². The zero-order valence-electron chi connectivity index (χ0n) is 15.2. The molecule has 5 nitrogen and oxygen atoms in total. The van der Waals surface area contributed by atoms with Crippen molar-refractivity contribution in [3.63, 3.8) is 0 Å². The van der Waals surface area contributed by atoms with Gasteiger partial charge in [0.2, 0.25) is 0 Å². The number of ether oxygens (including phenoxy) is 1. The largest absolute Gasteiger partial charge is 0.462 e. The third-order valence-corrected chi connectivity index (χ3v) is 5.75. The van der Waals surface area contributed by atoms with Gasteiger partial charge in [0.25, 0.3) is 10.0 Å². The topological polar surface area (TPSA) is 63.7 Å². The van der Waals surface area contributed by atoms with Crippen LogP contribution >= 0.6 is 0 Å². The molecule has 7 heteroatoms. The minimum absolute atomic E-state index is 0.0320. The minimum atomic E-state index is -3.96. The molecule has 0 saturated heterocycles. The van der Waals surface area contributed by atoms with Crippen molar-refractivity contribution in [3.8, 4) is 0 Å². The molecule has 26 heavy (non-hydrogen) atoms. The van der Waals surface area contributed by atoms with E-state index in [2.05, 4.69) is 0 Å². The Bertz CT molecular complexity index is 892. The third kappa shape index (κ3) is 4.04. The fourth-order valence-electron chi connectivity index (χ4n) is 2.54. The first-order valence-electron chi connectivity index (χ1n) is 8.26. The van der Waals surface area contributed by atoms with Gasteiger partial charge < -0.3 is 4.74 Å². The Balaban J connectivity index is 2.50. The quantitative estimate of drug-likeness (QED) is 0.714. The van der Waals surface area contributed by atoms with Crippen molar-refractivity contribution in [1.82, 2.24) is 0 Å². The Kier molecular flexibility index (Phi) is 6.02. The van der Waals surface area contributed by atoms with Crippen LogP contribution in [0, 0.1) is 12.7 Å². The molecule has 0 heterocycles.